The number of aliphatic hydroxyl groups is 1. The number of nitrogens with zero attached hydrogens (tertiary/aromatic N) is 4. The van der Waals surface area contributed by atoms with Crippen LogP contribution in [0.1, 0.15) is 34.0 Å². The van der Waals surface area contributed by atoms with Crippen LogP contribution in [0.2, 0.25) is 5.15 Å². The van der Waals surface area contributed by atoms with Crippen molar-refractivity contribution in [2.24, 2.45) is 0 Å². The van der Waals surface area contributed by atoms with Gasteiger partial charge in [-0.3, -0.25) is 4.79 Å². The van der Waals surface area contributed by atoms with Gasteiger partial charge in [0.05, 0.1) is 29.3 Å². The van der Waals surface area contributed by atoms with E-state index in [0.717, 1.165) is 22.3 Å². The molecule has 1 unspecified atom stereocenters. The van der Waals surface area contributed by atoms with E-state index >= 15 is 0 Å². The van der Waals surface area contributed by atoms with Gasteiger partial charge in [0.15, 0.2) is 0 Å². The molecule has 1 aliphatic rings. The topological polar surface area (TPSA) is 142 Å². The maximum Gasteiger partial charge on any atom is 0.410 e. The summed E-state index contributed by atoms with van der Waals surface area (Å²) in [6, 6.07) is 21.4. The number of hydrogen-bond donors (Lipinski definition) is 2. The molecule has 3 aromatic carbocycles. The molecule has 0 bridgehead atoms. The van der Waals surface area contributed by atoms with E-state index < -0.39 is 34.2 Å². The van der Waals surface area contributed by atoms with E-state index in [1.165, 1.54) is 34.1 Å². The number of anilines is 1. The summed E-state index contributed by atoms with van der Waals surface area (Å²) >= 11 is 6.26. The van der Waals surface area contributed by atoms with Crippen LogP contribution < -0.4 is 4.72 Å². The Balaban J connectivity index is 1.31. The van der Waals surface area contributed by atoms with Gasteiger partial charge in [-0.15, -0.1) is 0 Å². The van der Waals surface area contributed by atoms with E-state index in [9.17, 15) is 23.1 Å². The summed E-state index contributed by atoms with van der Waals surface area (Å²) in [7, 11) is -4.24. The van der Waals surface area contributed by atoms with Crippen LogP contribution in [-0.2, 0) is 21.4 Å². The Morgan fingerprint density at radius 1 is 0.978 bits per heavy atom. The van der Waals surface area contributed by atoms with Gasteiger partial charge in [-0.05, 0) is 55.7 Å². The van der Waals surface area contributed by atoms with Crippen molar-refractivity contribution in [2.45, 2.75) is 44.4 Å². The number of carbonyl (C=O) groups is 2. The first-order chi connectivity index (χ1) is 21.9. The molecule has 0 saturated carbocycles. The number of rotatable bonds is 7. The highest BCUT2D eigenvalue weighted by atomic mass is 35.5. The molecule has 5 rings (SSSR count). The molecule has 0 spiro atoms. The predicted molar refractivity (Wildman–Crippen MR) is 174 cm³/mol. The maximum atomic E-state index is 13.7. The van der Waals surface area contributed by atoms with Crippen LogP contribution in [-0.4, -0.2) is 77.1 Å². The van der Waals surface area contributed by atoms with E-state index in [0.29, 0.717) is 5.69 Å². The van der Waals surface area contributed by atoms with Crippen molar-refractivity contribution < 1.29 is 27.9 Å². The van der Waals surface area contributed by atoms with E-state index in [4.69, 9.17) is 16.3 Å². The molecule has 2 N–H and O–H groups in total. The number of aliphatic hydroxyl groups excluding tert-OH is 1. The number of benzene rings is 3. The van der Waals surface area contributed by atoms with Gasteiger partial charge in [-0.25, -0.2) is 27.9 Å². The first-order valence-corrected chi connectivity index (χ1v) is 16.5. The summed E-state index contributed by atoms with van der Waals surface area (Å²) in [4.78, 5) is 37.5. The molecule has 0 radical (unpaired) electrons. The Bertz CT molecular complexity index is 1840. The third kappa shape index (κ3) is 7.47. The fourth-order valence-electron chi connectivity index (χ4n) is 5.32. The highest BCUT2D eigenvalue weighted by molar-refractivity contribution is 7.92. The molecule has 46 heavy (non-hydrogen) atoms. The van der Waals surface area contributed by atoms with Crippen molar-refractivity contribution in [2.75, 3.05) is 24.4 Å². The number of halogens is 1. The number of aromatic nitrogens is 2. The lowest BCUT2D eigenvalue weighted by Gasteiger charge is -2.29. The number of β-amino-alcohol motifs (C(OH)–C–C–N with tert-alkyl or cyclic N) is 1. The molecule has 1 saturated heterocycles. The molecule has 1 fully saturated rings. The third-order valence-electron chi connectivity index (χ3n) is 7.84. The number of sulfonamides is 1. The summed E-state index contributed by atoms with van der Waals surface area (Å²) in [5, 5.41) is 10.9. The second kappa shape index (κ2) is 13.9. The molecular weight excluding hydrogens is 630 g/mol. The summed E-state index contributed by atoms with van der Waals surface area (Å²) in [6.45, 7) is 5.79. The Kier molecular flexibility index (Phi) is 9.90. The van der Waals surface area contributed by atoms with Gasteiger partial charge in [0.1, 0.15) is 11.8 Å². The average Bonchev–Trinajstić information content (AvgIpc) is 3.17. The van der Waals surface area contributed by atoms with Crippen LogP contribution >= 0.6 is 11.6 Å². The molecule has 240 valence electrons. The van der Waals surface area contributed by atoms with Crippen molar-refractivity contribution in [3.63, 3.8) is 0 Å². The first-order valence-electron chi connectivity index (χ1n) is 14.6. The van der Waals surface area contributed by atoms with Gasteiger partial charge in [0, 0.05) is 30.3 Å². The van der Waals surface area contributed by atoms with Gasteiger partial charge in [0.25, 0.3) is 15.9 Å². The SMILES string of the molecule is Cc1cccc(C)c1-c1cc(Cl)nc(NS(=O)(=O)c2cccc(C(=O)N3CCN(C(=O)OCc4ccccc4)CC(O)[C@H]3C)c2)n1. The minimum atomic E-state index is -4.24. The lowest BCUT2D eigenvalue weighted by Crippen LogP contribution is -2.45. The van der Waals surface area contributed by atoms with E-state index in [1.54, 1.807) is 13.0 Å². The normalized spacial score (nSPS) is 16.9. The largest absolute Gasteiger partial charge is 0.445 e. The van der Waals surface area contributed by atoms with E-state index in [-0.39, 0.29) is 47.8 Å². The second-order valence-electron chi connectivity index (χ2n) is 11.1. The molecule has 2 atom stereocenters. The number of carbonyl (C=O) groups excluding carboxylic acids is 2. The van der Waals surface area contributed by atoms with Crippen LogP contribution in [0.25, 0.3) is 11.3 Å². The number of aryl methyl sites for hydroxylation is 2. The zero-order chi connectivity index (χ0) is 33.0. The first kappa shape index (κ1) is 32.9. The van der Waals surface area contributed by atoms with Crippen molar-refractivity contribution in [3.05, 3.63) is 106 Å². The van der Waals surface area contributed by atoms with E-state index in [2.05, 4.69) is 14.7 Å². The summed E-state index contributed by atoms with van der Waals surface area (Å²) in [6.07, 6.45) is -1.66. The molecule has 11 nitrogen and oxygen atoms in total. The monoisotopic (exact) mass is 663 g/mol. The highest BCUT2D eigenvalue weighted by Gasteiger charge is 2.34. The number of hydrogen-bond acceptors (Lipinski definition) is 8. The molecule has 0 aliphatic carbocycles. The zero-order valence-electron chi connectivity index (χ0n) is 25.6. The van der Waals surface area contributed by atoms with Crippen LogP contribution in [0.15, 0.2) is 83.8 Å². The number of ether oxygens (including phenoxy) is 1. The minimum absolute atomic E-state index is 0.0272. The molecule has 2 heterocycles. The van der Waals surface area contributed by atoms with Gasteiger partial charge < -0.3 is 19.6 Å². The molecule has 1 aromatic heterocycles. The zero-order valence-corrected chi connectivity index (χ0v) is 27.1. The van der Waals surface area contributed by atoms with Crippen molar-refractivity contribution in [1.82, 2.24) is 19.8 Å². The second-order valence-corrected chi connectivity index (χ2v) is 13.2. The van der Waals surface area contributed by atoms with Crippen LogP contribution in [0.3, 0.4) is 0 Å². The van der Waals surface area contributed by atoms with Crippen LogP contribution in [0.4, 0.5) is 10.7 Å². The van der Waals surface area contributed by atoms with Crippen molar-refractivity contribution in [3.8, 4) is 11.3 Å². The molecule has 1 aliphatic heterocycles. The Morgan fingerprint density at radius 2 is 1.67 bits per heavy atom. The van der Waals surface area contributed by atoms with Gasteiger partial charge in [-0.2, -0.15) is 0 Å². The molecule has 2 amide bonds. The summed E-state index contributed by atoms with van der Waals surface area (Å²) in [5.41, 5.74) is 4.07. The summed E-state index contributed by atoms with van der Waals surface area (Å²) in [5.74, 6) is -0.718. The predicted octanol–water partition coefficient (Wildman–Crippen LogP) is 5.06. The van der Waals surface area contributed by atoms with Crippen molar-refractivity contribution in [1.29, 1.82) is 0 Å². The average molecular weight is 664 g/mol. The third-order valence-corrected chi connectivity index (χ3v) is 9.36. The van der Waals surface area contributed by atoms with E-state index in [1.807, 2.05) is 62.4 Å². The maximum absolute atomic E-state index is 13.7. The van der Waals surface area contributed by atoms with Gasteiger partial charge >= 0.3 is 6.09 Å². The lowest BCUT2D eigenvalue weighted by molar-refractivity contribution is 0.0440. The fourth-order valence-corrected chi connectivity index (χ4v) is 6.50. The standard InChI is InChI=1S/C33H34ClN5O6S/c1-21-9-7-10-22(2)30(21)27-18-29(34)36-32(35-27)37-46(43,44)26-14-8-13-25(17-26)31(41)39-16-15-38(19-28(40)23(39)3)33(42)45-20-24-11-5-4-6-12-24/h4-14,17-18,23,28,40H,15-16,19-20H2,1-3H3,(H,35,36,37)/t23-,28?/m1/s1. The Morgan fingerprint density at radius 3 is 2.39 bits per heavy atom. The number of amides is 2. The molecule has 13 heteroatoms. The minimum Gasteiger partial charge on any atom is -0.445 e. The number of nitrogens with one attached hydrogen (secondary N) is 1. The van der Waals surface area contributed by atoms with Gasteiger partial charge in [0.2, 0.25) is 5.95 Å². The quantitative estimate of drug-likeness (QED) is 0.262. The highest BCUT2D eigenvalue weighted by Crippen LogP contribution is 2.29. The Hall–Kier alpha value is -4.52. The summed E-state index contributed by atoms with van der Waals surface area (Å²) < 4.78 is 34.7. The van der Waals surface area contributed by atoms with Crippen molar-refractivity contribution >= 4 is 39.6 Å². The molecule has 4 aromatic rings. The smallest absolute Gasteiger partial charge is 0.410 e. The van der Waals surface area contributed by atoms with Gasteiger partial charge in [-0.1, -0.05) is 66.2 Å². The fraction of sp³-hybridized carbons (Fsp3) is 0.273. The lowest BCUT2D eigenvalue weighted by atomic mass is 10.00. The molecular formula is C33H34ClN5O6S. The van der Waals surface area contributed by atoms with Crippen LogP contribution in [0.5, 0.6) is 0 Å². The van der Waals surface area contributed by atoms with Crippen LogP contribution in [0, 0.1) is 13.8 Å². The Labute approximate surface area is 272 Å².